The Kier molecular flexibility index (Phi) is 9.30. The Morgan fingerprint density at radius 1 is 0.900 bits per heavy atom. The summed E-state index contributed by atoms with van der Waals surface area (Å²) in [4.78, 5) is 47.1. The minimum absolute atomic E-state index is 0.0109. The third-order valence-corrected chi connectivity index (χ3v) is 4.57. The van der Waals surface area contributed by atoms with E-state index in [0.29, 0.717) is 5.69 Å². The van der Waals surface area contributed by atoms with Gasteiger partial charge in [-0.25, -0.2) is 0 Å². The van der Waals surface area contributed by atoms with Gasteiger partial charge in [0.1, 0.15) is 0 Å². The lowest BCUT2D eigenvalue weighted by Crippen LogP contribution is -2.41. The number of ether oxygens (including phenoxy) is 1. The number of amides is 3. The van der Waals surface area contributed by atoms with Gasteiger partial charge in [-0.2, -0.15) is 0 Å². The summed E-state index contributed by atoms with van der Waals surface area (Å²) in [5.41, 5.74) is 5.30. The smallest absolute Gasteiger partial charge is 0.306 e. The molecule has 0 saturated carbocycles. The van der Waals surface area contributed by atoms with Gasteiger partial charge in [0.05, 0.1) is 10.6 Å². The van der Waals surface area contributed by atoms with Crippen LogP contribution in [0, 0.1) is 0 Å². The highest BCUT2D eigenvalue weighted by Gasteiger charge is 2.12. The van der Waals surface area contributed by atoms with E-state index in [1.54, 1.807) is 42.5 Å². The highest BCUT2D eigenvalue weighted by molar-refractivity contribution is 9.10. The Morgan fingerprint density at radius 2 is 1.60 bits per heavy atom. The molecule has 0 bridgehead atoms. The van der Waals surface area contributed by atoms with E-state index < -0.39 is 30.3 Å². The van der Waals surface area contributed by atoms with Gasteiger partial charge >= 0.3 is 5.97 Å². The number of benzene rings is 2. The highest BCUT2D eigenvalue weighted by atomic mass is 79.9. The molecule has 2 rings (SSSR count). The summed E-state index contributed by atoms with van der Waals surface area (Å²) >= 11 is 9.19. The lowest BCUT2D eigenvalue weighted by molar-refractivity contribution is -0.147. The molecular weight excluding hydrogens is 478 g/mol. The maximum Gasteiger partial charge on any atom is 0.306 e. The lowest BCUT2D eigenvalue weighted by atomic mass is 10.2. The number of nitrogens with one attached hydrogen (secondary N) is 3. The molecule has 0 heterocycles. The van der Waals surface area contributed by atoms with E-state index >= 15 is 0 Å². The molecule has 0 aliphatic carbocycles. The molecular formula is C20H19BrClN3O5. The van der Waals surface area contributed by atoms with Crippen LogP contribution in [0.25, 0.3) is 0 Å². The van der Waals surface area contributed by atoms with Crippen molar-refractivity contribution in [1.29, 1.82) is 0 Å². The number of carbonyl (C=O) groups is 4. The second-order valence-electron chi connectivity index (χ2n) is 6.05. The minimum atomic E-state index is -0.603. The largest absolute Gasteiger partial charge is 0.456 e. The van der Waals surface area contributed by atoms with Crippen molar-refractivity contribution >= 4 is 56.9 Å². The average molecular weight is 497 g/mol. The number of hydrogen-bond donors (Lipinski definition) is 3. The molecule has 8 nitrogen and oxygen atoms in total. The molecule has 0 radical (unpaired) electrons. The van der Waals surface area contributed by atoms with Crippen molar-refractivity contribution in [3.8, 4) is 0 Å². The summed E-state index contributed by atoms with van der Waals surface area (Å²) < 4.78 is 5.75. The first-order valence-corrected chi connectivity index (χ1v) is 10.1. The van der Waals surface area contributed by atoms with Crippen LogP contribution in [-0.2, 0) is 19.1 Å². The van der Waals surface area contributed by atoms with Crippen LogP contribution in [0.1, 0.15) is 29.6 Å². The molecule has 10 heteroatoms. The first kappa shape index (κ1) is 23.4. The van der Waals surface area contributed by atoms with Crippen molar-refractivity contribution in [3.05, 3.63) is 63.6 Å². The zero-order valence-corrected chi connectivity index (χ0v) is 18.1. The molecule has 0 spiro atoms. The van der Waals surface area contributed by atoms with E-state index in [9.17, 15) is 19.2 Å². The van der Waals surface area contributed by atoms with Gasteiger partial charge in [-0.3, -0.25) is 30.0 Å². The van der Waals surface area contributed by atoms with Gasteiger partial charge in [-0.05, 0) is 42.8 Å². The summed E-state index contributed by atoms with van der Waals surface area (Å²) in [5, 5.41) is 2.85. The van der Waals surface area contributed by atoms with Gasteiger partial charge in [0.25, 0.3) is 11.8 Å². The van der Waals surface area contributed by atoms with Crippen LogP contribution in [0.5, 0.6) is 0 Å². The number of esters is 1. The molecule has 0 fully saturated rings. The monoisotopic (exact) mass is 495 g/mol. The van der Waals surface area contributed by atoms with Gasteiger partial charge in [0.15, 0.2) is 6.61 Å². The number of carbonyl (C=O) groups excluding carboxylic acids is 4. The van der Waals surface area contributed by atoms with Crippen LogP contribution in [0.2, 0.25) is 5.02 Å². The number of hydrogen-bond acceptors (Lipinski definition) is 5. The second kappa shape index (κ2) is 11.9. The maximum atomic E-state index is 11.9. The molecule has 2 aromatic carbocycles. The summed E-state index contributed by atoms with van der Waals surface area (Å²) in [6.45, 7) is -0.422. The first-order valence-electron chi connectivity index (χ1n) is 8.90. The van der Waals surface area contributed by atoms with Gasteiger partial charge < -0.3 is 10.1 Å². The predicted octanol–water partition coefficient (Wildman–Crippen LogP) is 3.22. The molecule has 158 valence electrons. The SMILES string of the molecule is O=C(CCCC(=O)OCC(=O)Nc1ccc(Br)cc1)NNC(=O)c1ccccc1Cl. The molecule has 2 aromatic rings. The molecule has 30 heavy (non-hydrogen) atoms. The zero-order chi connectivity index (χ0) is 21.9. The molecule has 0 aliphatic heterocycles. The minimum Gasteiger partial charge on any atom is -0.456 e. The van der Waals surface area contributed by atoms with E-state index in [2.05, 4.69) is 32.1 Å². The number of rotatable bonds is 8. The van der Waals surface area contributed by atoms with Crippen LogP contribution >= 0.6 is 27.5 Å². The summed E-state index contributed by atoms with van der Waals surface area (Å²) in [7, 11) is 0. The molecule has 0 aliphatic rings. The molecule has 0 atom stereocenters. The fourth-order valence-corrected chi connectivity index (χ4v) is 2.73. The molecule has 3 N–H and O–H groups in total. The molecule has 0 saturated heterocycles. The van der Waals surface area contributed by atoms with E-state index in [1.807, 2.05) is 0 Å². The van der Waals surface area contributed by atoms with Crippen molar-refractivity contribution in [1.82, 2.24) is 10.9 Å². The quantitative estimate of drug-likeness (QED) is 0.384. The summed E-state index contributed by atoms with van der Waals surface area (Å²) in [6, 6.07) is 13.3. The number of halogens is 2. The lowest BCUT2D eigenvalue weighted by Gasteiger charge is -2.09. The maximum absolute atomic E-state index is 11.9. The topological polar surface area (TPSA) is 114 Å². The molecule has 0 unspecified atom stereocenters. The van der Waals surface area contributed by atoms with Gasteiger partial charge in [0, 0.05) is 23.0 Å². The highest BCUT2D eigenvalue weighted by Crippen LogP contribution is 2.15. The molecule has 0 aromatic heterocycles. The number of hydrazine groups is 1. The fourth-order valence-electron chi connectivity index (χ4n) is 2.24. The third kappa shape index (κ3) is 8.22. The van der Waals surface area contributed by atoms with E-state index in [1.165, 1.54) is 6.07 Å². The summed E-state index contributed by atoms with van der Waals surface area (Å²) in [6.07, 6.45) is 0.140. The predicted molar refractivity (Wildman–Crippen MR) is 115 cm³/mol. The normalized spacial score (nSPS) is 10.1. The fraction of sp³-hybridized carbons (Fsp3) is 0.200. The van der Waals surface area contributed by atoms with Crippen LogP contribution in [0.15, 0.2) is 53.0 Å². The van der Waals surface area contributed by atoms with Crippen molar-refractivity contribution in [2.75, 3.05) is 11.9 Å². The Hall–Kier alpha value is -2.91. The van der Waals surface area contributed by atoms with Gasteiger partial charge in [-0.1, -0.05) is 39.7 Å². The van der Waals surface area contributed by atoms with Crippen molar-refractivity contribution < 1.29 is 23.9 Å². The average Bonchev–Trinajstić information content (AvgIpc) is 2.72. The number of anilines is 1. The van der Waals surface area contributed by atoms with Crippen LogP contribution in [-0.4, -0.2) is 30.3 Å². The van der Waals surface area contributed by atoms with Gasteiger partial charge in [-0.15, -0.1) is 0 Å². The Morgan fingerprint density at radius 3 is 2.30 bits per heavy atom. The second-order valence-corrected chi connectivity index (χ2v) is 7.37. The van der Waals surface area contributed by atoms with Crippen molar-refractivity contribution in [3.63, 3.8) is 0 Å². The van der Waals surface area contributed by atoms with Crippen molar-refractivity contribution in [2.45, 2.75) is 19.3 Å². The molecule has 3 amide bonds. The van der Waals surface area contributed by atoms with Gasteiger partial charge in [0.2, 0.25) is 5.91 Å². The van der Waals surface area contributed by atoms with Crippen molar-refractivity contribution in [2.24, 2.45) is 0 Å². The van der Waals surface area contributed by atoms with Crippen LogP contribution in [0.3, 0.4) is 0 Å². The Balaban J connectivity index is 1.60. The Labute approximate surface area is 186 Å². The van der Waals surface area contributed by atoms with Crippen LogP contribution < -0.4 is 16.2 Å². The standard InChI is InChI=1S/C20H19BrClN3O5/c21-13-8-10-14(11-9-13)23-18(27)12-30-19(28)7-3-6-17(26)24-25-20(29)15-4-1-2-5-16(15)22/h1-2,4-5,8-11H,3,6-7,12H2,(H,23,27)(H,24,26)(H,25,29). The first-order chi connectivity index (χ1) is 14.3. The van der Waals surface area contributed by atoms with E-state index in [4.69, 9.17) is 16.3 Å². The van der Waals surface area contributed by atoms with E-state index in [0.717, 1.165) is 4.47 Å². The zero-order valence-electron chi connectivity index (χ0n) is 15.7. The Bertz CT molecular complexity index is 921. The summed E-state index contributed by atoms with van der Waals surface area (Å²) in [5.74, 6) is -2.10. The third-order valence-electron chi connectivity index (χ3n) is 3.71. The van der Waals surface area contributed by atoms with Crippen LogP contribution in [0.4, 0.5) is 5.69 Å². The van der Waals surface area contributed by atoms with E-state index in [-0.39, 0.29) is 29.8 Å².